The van der Waals surface area contributed by atoms with Gasteiger partial charge in [0.15, 0.2) is 11.3 Å². The average molecular weight is 388 g/mol. The number of carbonyl (C=O) groups is 1. The minimum absolute atomic E-state index is 0.0194. The lowest BCUT2D eigenvalue weighted by molar-refractivity contribution is -0.117. The number of ether oxygens (including phenoxy) is 2. The number of aromatic nitrogens is 2. The van der Waals surface area contributed by atoms with Crippen LogP contribution in [-0.2, 0) is 14.3 Å². The molecular weight excluding hydrogens is 364 g/mol. The summed E-state index contributed by atoms with van der Waals surface area (Å²) < 4.78 is 12.3. The van der Waals surface area contributed by atoms with Gasteiger partial charge >= 0.3 is 5.69 Å². The van der Waals surface area contributed by atoms with Crippen LogP contribution in [0.15, 0.2) is 21.9 Å². The Hall–Kier alpha value is -1.46. The van der Waals surface area contributed by atoms with Gasteiger partial charge in [0.25, 0.3) is 5.56 Å². The summed E-state index contributed by atoms with van der Waals surface area (Å²) in [4.78, 5) is 37.2. The van der Waals surface area contributed by atoms with Gasteiger partial charge in [-0.05, 0) is 0 Å². The molecule has 9 nitrogen and oxygen atoms in total. The lowest BCUT2D eigenvalue weighted by Crippen LogP contribution is -2.39. The van der Waals surface area contributed by atoms with Crippen molar-refractivity contribution in [3.8, 4) is 0 Å². The van der Waals surface area contributed by atoms with Crippen LogP contribution >= 0.6 is 11.8 Å². The monoisotopic (exact) mass is 388 g/mol. The second-order valence-electron chi connectivity index (χ2n) is 6.98. The van der Waals surface area contributed by atoms with Crippen molar-refractivity contribution in [1.29, 1.82) is 0 Å². The van der Waals surface area contributed by atoms with Crippen molar-refractivity contribution in [3.05, 3.63) is 33.1 Å². The second kappa shape index (κ2) is 8.49. The summed E-state index contributed by atoms with van der Waals surface area (Å²) in [6.07, 6.45) is -2.78. The SMILES string of the molecule is CC(C)(C)C(=O)SCCO[C@@H]1[C@H](O)[C@@H](CO)O[C@H]1n1ccc(=O)[nH]c1=O. The van der Waals surface area contributed by atoms with Crippen molar-refractivity contribution in [2.75, 3.05) is 19.0 Å². The number of aromatic amines is 1. The predicted octanol–water partition coefficient (Wildman–Crippen LogP) is -0.522. The van der Waals surface area contributed by atoms with E-state index in [1.807, 2.05) is 20.8 Å². The van der Waals surface area contributed by atoms with Crippen molar-refractivity contribution >= 4 is 16.9 Å². The quantitative estimate of drug-likeness (QED) is 0.555. The molecule has 1 fully saturated rings. The van der Waals surface area contributed by atoms with Crippen LogP contribution in [0.3, 0.4) is 0 Å². The van der Waals surface area contributed by atoms with Gasteiger partial charge in [-0.15, -0.1) is 0 Å². The van der Waals surface area contributed by atoms with Gasteiger partial charge in [0, 0.05) is 23.4 Å². The van der Waals surface area contributed by atoms with E-state index in [9.17, 15) is 24.6 Å². The molecule has 0 saturated carbocycles. The first-order chi connectivity index (χ1) is 12.1. The number of thioether (sulfide) groups is 1. The summed E-state index contributed by atoms with van der Waals surface area (Å²) in [5.74, 6) is 0.371. The molecule has 10 heteroatoms. The number of aliphatic hydroxyl groups is 2. The third-order valence-corrected chi connectivity index (χ3v) is 5.10. The highest BCUT2D eigenvalue weighted by molar-refractivity contribution is 8.13. The normalized spacial score (nSPS) is 26.2. The highest BCUT2D eigenvalue weighted by Gasteiger charge is 2.45. The van der Waals surface area contributed by atoms with Crippen LogP contribution in [0.2, 0.25) is 0 Å². The number of nitrogens with zero attached hydrogens (tertiary/aromatic N) is 1. The van der Waals surface area contributed by atoms with Crippen LogP contribution < -0.4 is 11.2 Å². The summed E-state index contributed by atoms with van der Waals surface area (Å²) in [6, 6.07) is 1.15. The summed E-state index contributed by atoms with van der Waals surface area (Å²) in [5, 5.41) is 19.6. The molecule has 1 aliphatic rings. The Kier molecular flexibility index (Phi) is 6.80. The molecule has 146 valence electrons. The molecule has 2 rings (SSSR count). The van der Waals surface area contributed by atoms with Gasteiger partial charge in [0.2, 0.25) is 0 Å². The number of rotatable bonds is 6. The zero-order valence-corrected chi connectivity index (χ0v) is 15.7. The summed E-state index contributed by atoms with van der Waals surface area (Å²) in [5.41, 5.74) is -1.73. The van der Waals surface area contributed by atoms with Gasteiger partial charge in [0.05, 0.1) is 13.2 Å². The first-order valence-electron chi connectivity index (χ1n) is 8.20. The fourth-order valence-corrected chi connectivity index (χ4v) is 3.23. The summed E-state index contributed by atoms with van der Waals surface area (Å²) in [7, 11) is 0. The zero-order valence-electron chi connectivity index (χ0n) is 14.9. The van der Waals surface area contributed by atoms with E-state index in [1.54, 1.807) is 0 Å². The maximum atomic E-state index is 12.0. The molecule has 26 heavy (non-hydrogen) atoms. The number of hydrogen-bond acceptors (Lipinski definition) is 8. The van der Waals surface area contributed by atoms with Gasteiger partial charge in [-0.25, -0.2) is 4.79 Å². The molecular formula is C16H24N2O7S. The van der Waals surface area contributed by atoms with Gasteiger partial charge < -0.3 is 19.7 Å². The number of nitrogens with one attached hydrogen (secondary N) is 1. The standard InChI is InChI=1S/C16H24N2O7S/c1-16(2,3)14(22)26-7-6-24-12-11(21)9(8-19)25-13(12)18-5-4-10(20)17-15(18)23/h4-5,9,11-13,19,21H,6-8H2,1-3H3,(H,17,20,23)/t9-,11-,12-,13-/m1/s1. The number of aliphatic hydroxyl groups excluding tert-OH is 2. The Morgan fingerprint density at radius 3 is 2.69 bits per heavy atom. The summed E-state index contributed by atoms with van der Waals surface area (Å²) >= 11 is 1.12. The fraction of sp³-hybridized carbons (Fsp3) is 0.688. The molecule has 1 aromatic heterocycles. The molecule has 0 unspecified atom stereocenters. The van der Waals surface area contributed by atoms with E-state index < -0.39 is 47.8 Å². The van der Waals surface area contributed by atoms with Crippen molar-refractivity contribution < 1.29 is 24.5 Å². The summed E-state index contributed by atoms with van der Waals surface area (Å²) in [6.45, 7) is 5.16. The van der Waals surface area contributed by atoms with Crippen molar-refractivity contribution in [2.45, 2.75) is 45.3 Å². The minimum Gasteiger partial charge on any atom is -0.394 e. The molecule has 1 aromatic rings. The molecule has 2 heterocycles. The first-order valence-corrected chi connectivity index (χ1v) is 9.18. The topological polar surface area (TPSA) is 131 Å². The fourth-order valence-electron chi connectivity index (χ4n) is 2.44. The third-order valence-electron chi connectivity index (χ3n) is 3.86. The number of H-pyrrole nitrogens is 1. The molecule has 1 saturated heterocycles. The second-order valence-corrected chi connectivity index (χ2v) is 8.04. The van der Waals surface area contributed by atoms with Crippen molar-refractivity contribution in [3.63, 3.8) is 0 Å². The van der Waals surface area contributed by atoms with Gasteiger partial charge in [-0.1, -0.05) is 32.5 Å². The van der Waals surface area contributed by atoms with Crippen LogP contribution in [0.5, 0.6) is 0 Å². The van der Waals surface area contributed by atoms with Gasteiger partial charge in [0.1, 0.15) is 18.3 Å². The van der Waals surface area contributed by atoms with E-state index >= 15 is 0 Å². The molecule has 0 amide bonds. The van der Waals surface area contributed by atoms with Gasteiger partial charge in [-0.3, -0.25) is 19.1 Å². The number of hydrogen-bond donors (Lipinski definition) is 3. The van der Waals surface area contributed by atoms with E-state index in [0.29, 0.717) is 5.75 Å². The Balaban J connectivity index is 2.06. The Morgan fingerprint density at radius 1 is 1.42 bits per heavy atom. The predicted molar refractivity (Wildman–Crippen MR) is 95.0 cm³/mol. The third kappa shape index (κ3) is 4.83. The van der Waals surface area contributed by atoms with E-state index in [1.165, 1.54) is 6.20 Å². The van der Waals surface area contributed by atoms with Crippen molar-refractivity contribution in [1.82, 2.24) is 9.55 Å². The lowest BCUT2D eigenvalue weighted by Gasteiger charge is -2.22. The van der Waals surface area contributed by atoms with E-state index in [2.05, 4.69) is 4.98 Å². The van der Waals surface area contributed by atoms with Crippen LogP contribution in [0.25, 0.3) is 0 Å². The lowest BCUT2D eigenvalue weighted by atomic mass is 10.00. The molecule has 0 bridgehead atoms. The van der Waals surface area contributed by atoms with E-state index in [4.69, 9.17) is 9.47 Å². The van der Waals surface area contributed by atoms with Gasteiger partial charge in [-0.2, -0.15) is 0 Å². The van der Waals surface area contributed by atoms with E-state index in [0.717, 1.165) is 22.4 Å². The molecule has 0 spiro atoms. The highest BCUT2D eigenvalue weighted by atomic mass is 32.2. The van der Waals surface area contributed by atoms with Crippen LogP contribution in [0, 0.1) is 5.41 Å². The Morgan fingerprint density at radius 2 is 2.12 bits per heavy atom. The molecule has 0 aromatic carbocycles. The molecule has 0 aliphatic carbocycles. The molecule has 1 aliphatic heterocycles. The van der Waals surface area contributed by atoms with Crippen LogP contribution in [0.4, 0.5) is 0 Å². The molecule has 3 N–H and O–H groups in total. The Labute approximate surface area is 154 Å². The maximum absolute atomic E-state index is 12.0. The highest BCUT2D eigenvalue weighted by Crippen LogP contribution is 2.31. The van der Waals surface area contributed by atoms with Crippen molar-refractivity contribution in [2.24, 2.45) is 5.41 Å². The van der Waals surface area contributed by atoms with Crippen LogP contribution in [-0.4, -0.2) is 62.2 Å². The first kappa shape index (κ1) is 20.8. The smallest absolute Gasteiger partial charge is 0.330 e. The Bertz CT molecular complexity index is 739. The molecule has 0 radical (unpaired) electrons. The largest absolute Gasteiger partial charge is 0.394 e. The average Bonchev–Trinajstić information content (AvgIpc) is 2.86. The maximum Gasteiger partial charge on any atom is 0.330 e. The molecule has 4 atom stereocenters. The van der Waals surface area contributed by atoms with Crippen LogP contribution in [0.1, 0.15) is 27.0 Å². The van der Waals surface area contributed by atoms with E-state index in [-0.39, 0.29) is 11.7 Å². The minimum atomic E-state index is -1.16. The number of carbonyl (C=O) groups excluding carboxylic acids is 1. The zero-order chi connectivity index (χ0) is 19.5.